The monoisotopic (exact) mass is 377 g/mol. The zero-order valence-corrected chi connectivity index (χ0v) is 15.3. The van der Waals surface area contributed by atoms with E-state index in [1.807, 2.05) is 10.8 Å². The normalized spacial score (nSPS) is 11.2. The van der Waals surface area contributed by atoms with E-state index >= 15 is 0 Å². The predicted octanol–water partition coefficient (Wildman–Crippen LogP) is 0.775. The van der Waals surface area contributed by atoms with Gasteiger partial charge in [0.15, 0.2) is 0 Å². The minimum atomic E-state index is -0.409. The van der Waals surface area contributed by atoms with E-state index in [4.69, 9.17) is 5.41 Å². The standard InChI is InChI=1S/C19H19N7O2/c1-21-18(27)13-11-14-17(23-15-5-2-3-8-25(15)19(14)28)26(16(13)20)9-4-7-24-10-6-22-12-24/h2-3,5-6,8,10-12,20H,4,7,9H2,1H3,(H,21,27). The van der Waals surface area contributed by atoms with Crippen LogP contribution in [0.1, 0.15) is 16.8 Å². The van der Waals surface area contributed by atoms with Crippen molar-refractivity contribution in [3.8, 4) is 0 Å². The van der Waals surface area contributed by atoms with E-state index in [1.54, 1.807) is 41.5 Å². The van der Waals surface area contributed by atoms with Crippen molar-refractivity contribution in [2.24, 2.45) is 0 Å². The van der Waals surface area contributed by atoms with Crippen molar-refractivity contribution >= 4 is 22.6 Å². The van der Waals surface area contributed by atoms with E-state index in [0.29, 0.717) is 36.2 Å². The van der Waals surface area contributed by atoms with Crippen molar-refractivity contribution in [2.45, 2.75) is 19.5 Å². The molecule has 0 fully saturated rings. The Morgan fingerprint density at radius 1 is 1.25 bits per heavy atom. The highest BCUT2D eigenvalue weighted by atomic mass is 16.1. The molecule has 0 atom stereocenters. The SMILES string of the molecule is CNC(=O)c1cc2c(=O)n3ccccc3nc2n(CCCn2ccnc2)c1=N. The number of carbonyl (C=O) groups is 1. The summed E-state index contributed by atoms with van der Waals surface area (Å²) in [6, 6.07) is 6.75. The highest BCUT2D eigenvalue weighted by Gasteiger charge is 2.16. The molecular formula is C19H19N7O2. The average Bonchev–Trinajstić information content (AvgIpc) is 3.23. The van der Waals surface area contributed by atoms with Crippen LogP contribution in [0.25, 0.3) is 16.7 Å². The van der Waals surface area contributed by atoms with Gasteiger partial charge in [-0.2, -0.15) is 0 Å². The van der Waals surface area contributed by atoms with E-state index in [0.717, 1.165) is 0 Å². The Bertz CT molecular complexity index is 1290. The number of hydrogen-bond donors (Lipinski definition) is 2. The first-order chi connectivity index (χ1) is 13.6. The van der Waals surface area contributed by atoms with Crippen LogP contribution < -0.4 is 16.4 Å². The number of pyridine rings is 2. The molecule has 4 aromatic heterocycles. The summed E-state index contributed by atoms with van der Waals surface area (Å²) in [4.78, 5) is 33.9. The third kappa shape index (κ3) is 2.96. The number of aryl methyl sites for hydroxylation is 2. The van der Waals surface area contributed by atoms with Crippen molar-refractivity contribution in [1.29, 1.82) is 5.41 Å². The molecule has 0 saturated carbocycles. The molecule has 0 aromatic carbocycles. The summed E-state index contributed by atoms with van der Waals surface area (Å²) in [6.45, 7) is 1.14. The van der Waals surface area contributed by atoms with E-state index in [2.05, 4.69) is 15.3 Å². The largest absolute Gasteiger partial charge is 0.355 e. The fourth-order valence-electron chi connectivity index (χ4n) is 3.24. The molecule has 4 heterocycles. The maximum absolute atomic E-state index is 13.0. The second-order valence-corrected chi connectivity index (χ2v) is 6.37. The van der Waals surface area contributed by atoms with Gasteiger partial charge in [0.1, 0.15) is 16.8 Å². The first-order valence-electron chi connectivity index (χ1n) is 8.87. The number of nitrogens with zero attached hydrogens (tertiary/aromatic N) is 5. The highest BCUT2D eigenvalue weighted by molar-refractivity contribution is 5.96. The molecule has 0 aliphatic rings. The molecule has 0 saturated heterocycles. The summed E-state index contributed by atoms with van der Waals surface area (Å²) in [6.07, 6.45) is 7.63. The molecule has 0 radical (unpaired) electrons. The van der Waals surface area contributed by atoms with Crippen molar-refractivity contribution in [1.82, 2.24) is 28.8 Å². The lowest BCUT2D eigenvalue weighted by Crippen LogP contribution is -2.33. The summed E-state index contributed by atoms with van der Waals surface area (Å²) in [5.74, 6) is -0.409. The summed E-state index contributed by atoms with van der Waals surface area (Å²) in [5, 5.41) is 11.4. The topological polar surface area (TPSA) is 110 Å². The molecule has 9 heteroatoms. The number of nitrogens with one attached hydrogen (secondary N) is 2. The molecule has 4 aromatic rings. The van der Waals surface area contributed by atoms with Crippen LogP contribution in [0.4, 0.5) is 0 Å². The minimum absolute atomic E-state index is 0.0321. The van der Waals surface area contributed by atoms with Crippen LogP contribution in [0.3, 0.4) is 0 Å². The lowest BCUT2D eigenvalue weighted by molar-refractivity contribution is 0.0960. The van der Waals surface area contributed by atoms with Gasteiger partial charge in [-0.3, -0.25) is 19.4 Å². The molecule has 28 heavy (non-hydrogen) atoms. The number of rotatable bonds is 5. The van der Waals surface area contributed by atoms with Crippen LogP contribution in [0, 0.1) is 5.41 Å². The lowest BCUT2D eigenvalue weighted by Gasteiger charge is -2.14. The number of imidazole rings is 1. The van der Waals surface area contributed by atoms with Crippen molar-refractivity contribution < 1.29 is 4.79 Å². The van der Waals surface area contributed by atoms with Gasteiger partial charge in [0.25, 0.3) is 11.5 Å². The maximum Gasteiger partial charge on any atom is 0.267 e. The maximum atomic E-state index is 13.0. The summed E-state index contributed by atoms with van der Waals surface area (Å²) >= 11 is 0. The third-order valence-corrected chi connectivity index (χ3v) is 4.65. The Morgan fingerprint density at radius 3 is 2.86 bits per heavy atom. The van der Waals surface area contributed by atoms with E-state index in [1.165, 1.54) is 17.5 Å². The van der Waals surface area contributed by atoms with Gasteiger partial charge < -0.3 is 14.5 Å². The summed E-state index contributed by atoms with van der Waals surface area (Å²) in [5.41, 5.74) is 0.807. The molecule has 0 bridgehead atoms. The van der Waals surface area contributed by atoms with Gasteiger partial charge in [0.2, 0.25) is 0 Å². The number of fused-ring (bicyclic) bond motifs is 2. The fourth-order valence-corrected chi connectivity index (χ4v) is 3.24. The van der Waals surface area contributed by atoms with Gasteiger partial charge >= 0.3 is 0 Å². The lowest BCUT2D eigenvalue weighted by atomic mass is 10.2. The predicted molar refractivity (Wildman–Crippen MR) is 103 cm³/mol. The Kier molecular flexibility index (Phi) is 4.48. The molecule has 2 N–H and O–H groups in total. The highest BCUT2D eigenvalue weighted by Crippen LogP contribution is 2.11. The van der Waals surface area contributed by atoms with E-state index < -0.39 is 5.91 Å². The van der Waals surface area contributed by atoms with Crippen molar-refractivity contribution in [2.75, 3.05) is 7.05 Å². The summed E-state index contributed by atoms with van der Waals surface area (Å²) < 4.78 is 5.01. The molecule has 4 rings (SSSR count). The second-order valence-electron chi connectivity index (χ2n) is 6.37. The fraction of sp³-hybridized carbons (Fsp3) is 0.211. The first kappa shape index (κ1) is 17.7. The van der Waals surface area contributed by atoms with Gasteiger partial charge in [-0.15, -0.1) is 0 Å². The number of amides is 1. The van der Waals surface area contributed by atoms with Crippen molar-refractivity contribution in [3.63, 3.8) is 0 Å². The van der Waals surface area contributed by atoms with Crippen LogP contribution in [0.5, 0.6) is 0 Å². The third-order valence-electron chi connectivity index (χ3n) is 4.65. The Hall–Kier alpha value is -3.75. The van der Waals surface area contributed by atoms with Crippen LogP contribution in [0.2, 0.25) is 0 Å². The number of hydrogen-bond acceptors (Lipinski definition) is 5. The van der Waals surface area contributed by atoms with Gasteiger partial charge in [-0.25, -0.2) is 9.97 Å². The zero-order chi connectivity index (χ0) is 19.7. The van der Waals surface area contributed by atoms with Gasteiger partial charge in [0, 0.05) is 38.7 Å². The van der Waals surface area contributed by atoms with Crippen LogP contribution >= 0.6 is 0 Å². The molecule has 0 aliphatic carbocycles. The van der Waals surface area contributed by atoms with Crippen LogP contribution in [0.15, 0.2) is 54.0 Å². The van der Waals surface area contributed by atoms with E-state index in [9.17, 15) is 9.59 Å². The minimum Gasteiger partial charge on any atom is -0.355 e. The Labute approximate surface area is 159 Å². The summed E-state index contributed by atoms with van der Waals surface area (Å²) in [7, 11) is 1.50. The molecule has 0 unspecified atom stereocenters. The molecular weight excluding hydrogens is 358 g/mol. The molecule has 1 amide bonds. The average molecular weight is 377 g/mol. The van der Waals surface area contributed by atoms with E-state index in [-0.39, 0.29) is 16.6 Å². The van der Waals surface area contributed by atoms with Gasteiger partial charge in [0.05, 0.1) is 17.3 Å². The van der Waals surface area contributed by atoms with Crippen molar-refractivity contribution in [3.05, 3.63) is 70.6 Å². The Balaban J connectivity index is 1.91. The zero-order valence-electron chi connectivity index (χ0n) is 15.3. The molecule has 142 valence electrons. The number of carbonyl (C=O) groups excluding carboxylic acids is 1. The molecule has 0 aliphatic heterocycles. The van der Waals surface area contributed by atoms with Gasteiger partial charge in [-0.1, -0.05) is 6.07 Å². The second kappa shape index (κ2) is 7.10. The van der Waals surface area contributed by atoms with Crippen LogP contribution in [-0.2, 0) is 13.1 Å². The Morgan fingerprint density at radius 2 is 2.11 bits per heavy atom. The molecule has 9 nitrogen and oxygen atoms in total. The van der Waals surface area contributed by atoms with Crippen LogP contribution in [-0.4, -0.2) is 36.5 Å². The number of aromatic nitrogens is 5. The van der Waals surface area contributed by atoms with Gasteiger partial charge in [-0.05, 0) is 24.6 Å². The quantitative estimate of drug-likeness (QED) is 0.501. The first-order valence-corrected chi connectivity index (χ1v) is 8.87. The smallest absolute Gasteiger partial charge is 0.267 e. The molecule has 0 spiro atoms.